The van der Waals surface area contributed by atoms with Gasteiger partial charge in [-0.25, -0.2) is 9.78 Å². The molecule has 4 rings (SSSR count). The number of carbonyl (C=O) groups is 1. The molecule has 0 aliphatic rings. The Kier molecular flexibility index (Phi) is 6.98. The molecule has 1 aromatic heterocycles. The molecule has 0 radical (unpaired) electrons. The molecule has 0 saturated carbocycles. The van der Waals surface area contributed by atoms with E-state index in [1.165, 1.54) is 18.2 Å². The summed E-state index contributed by atoms with van der Waals surface area (Å²) >= 11 is 1.01. The van der Waals surface area contributed by atoms with Gasteiger partial charge < -0.3 is 14.7 Å². The molecule has 182 valence electrons. The molecule has 1 heterocycles. The number of carboxylic acids is 1. The number of hydrogen-bond donors (Lipinski definition) is 1. The van der Waals surface area contributed by atoms with Crippen LogP contribution in [0.1, 0.15) is 40.0 Å². The van der Waals surface area contributed by atoms with Gasteiger partial charge in [0.15, 0.2) is 5.13 Å². The third-order valence-corrected chi connectivity index (χ3v) is 7.00. The van der Waals surface area contributed by atoms with Crippen LogP contribution in [0.2, 0.25) is 0 Å². The zero-order valence-electron chi connectivity index (χ0n) is 19.0. The van der Waals surface area contributed by atoms with Crippen molar-refractivity contribution >= 4 is 32.7 Å². The third kappa shape index (κ3) is 5.40. The van der Waals surface area contributed by atoms with Gasteiger partial charge in [0.2, 0.25) is 0 Å². The summed E-state index contributed by atoms with van der Waals surface area (Å²) in [7, 11) is 1.59. The smallest absolute Gasteiger partial charge is 0.417 e. The van der Waals surface area contributed by atoms with Crippen LogP contribution < -0.4 is 9.64 Å². The van der Waals surface area contributed by atoms with Gasteiger partial charge in [0.25, 0.3) is 0 Å². The van der Waals surface area contributed by atoms with Crippen molar-refractivity contribution in [1.29, 1.82) is 0 Å². The summed E-state index contributed by atoms with van der Waals surface area (Å²) in [5.41, 5.74) is 1.64. The summed E-state index contributed by atoms with van der Waals surface area (Å²) < 4.78 is 46.1. The van der Waals surface area contributed by atoms with E-state index in [2.05, 4.69) is 4.98 Å². The molecule has 1 atom stereocenters. The number of nitrogens with zero attached hydrogens (tertiary/aromatic N) is 2. The number of methoxy groups -OCH3 is 1. The van der Waals surface area contributed by atoms with Gasteiger partial charge in [-0.1, -0.05) is 41.7 Å². The molecular weight excluding hydrogens is 477 g/mol. The molecule has 5 nitrogen and oxygen atoms in total. The second-order valence-electron chi connectivity index (χ2n) is 8.04. The fourth-order valence-electron chi connectivity index (χ4n) is 3.86. The van der Waals surface area contributed by atoms with Crippen molar-refractivity contribution in [3.05, 3.63) is 89.0 Å². The molecule has 35 heavy (non-hydrogen) atoms. The molecule has 9 heteroatoms. The molecule has 3 aromatic carbocycles. The van der Waals surface area contributed by atoms with E-state index in [-0.39, 0.29) is 16.3 Å². The highest BCUT2D eigenvalue weighted by atomic mass is 32.1. The summed E-state index contributed by atoms with van der Waals surface area (Å²) in [6.07, 6.45) is -3.85. The van der Waals surface area contributed by atoms with E-state index in [9.17, 15) is 23.1 Å². The number of aromatic carboxylic acids is 1. The lowest BCUT2D eigenvalue weighted by atomic mass is 10.0. The van der Waals surface area contributed by atoms with Gasteiger partial charge in [0.1, 0.15) is 5.75 Å². The molecule has 0 aliphatic heterocycles. The fourth-order valence-corrected chi connectivity index (χ4v) is 5.07. The van der Waals surface area contributed by atoms with Crippen LogP contribution in [0, 0.1) is 0 Å². The van der Waals surface area contributed by atoms with Crippen LogP contribution in [0.4, 0.5) is 18.3 Å². The third-order valence-electron chi connectivity index (χ3n) is 5.86. The lowest BCUT2D eigenvalue weighted by molar-refractivity contribution is -0.136. The Morgan fingerprint density at radius 2 is 1.77 bits per heavy atom. The first kappa shape index (κ1) is 24.5. The van der Waals surface area contributed by atoms with Crippen LogP contribution in [-0.2, 0) is 12.6 Å². The van der Waals surface area contributed by atoms with Crippen LogP contribution in [0.3, 0.4) is 0 Å². The number of thiazole rings is 1. The minimum atomic E-state index is -4.48. The van der Waals surface area contributed by atoms with Crippen molar-refractivity contribution in [2.75, 3.05) is 18.6 Å². The minimum Gasteiger partial charge on any atom is -0.497 e. The average molecular weight is 501 g/mol. The Labute approximate surface area is 204 Å². The molecule has 0 aliphatic carbocycles. The van der Waals surface area contributed by atoms with E-state index < -0.39 is 17.7 Å². The highest BCUT2D eigenvalue weighted by Gasteiger charge is 2.34. The number of hydrogen-bond acceptors (Lipinski definition) is 5. The predicted octanol–water partition coefficient (Wildman–Crippen LogP) is 6.83. The van der Waals surface area contributed by atoms with E-state index in [0.717, 1.165) is 34.3 Å². The fraction of sp³-hybridized carbons (Fsp3) is 0.231. The largest absolute Gasteiger partial charge is 0.497 e. The van der Waals surface area contributed by atoms with Gasteiger partial charge in [-0.05, 0) is 60.9 Å². The van der Waals surface area contributed by atoms with E-state index in [4.69, 9.17) is 4.74 Å². The highest BCUT2D eigenvalue weighted by molar-refractivity contribution is 7.22. The lowest BCUT2D eigenvalue weighted by Crippen LogP contribution is -2.29. The summed E-state index contributed by atoms with van der Waals surface area (Å²) in [5.74, 6) is -0.283. The van der Waals surface area contributed by atoms with Crippen molar-refractivity contribution in [2.24, 2.45) is 0 Å². The van der Waals surface area contributed by atoms with Crippen molar-refractivity contribution in [3.8, 4) is 5.75 Å². The topological polar surface area (TPSA) is 62.7 Å². The summed E-state index contributed by atoms with van der Waals surface area (Å²) in [4.78, 5) is 17.7. The van der Waals surface area contributed by atoms with Gasteiger partial charge in [-0.2, -0.15) is 13.2 Å². The first-order valence-electron chi connectivity index (χ1n) is 10.9. The maximum atomic E-state index is 13.6. The summed E-state index contributed by atoms with van der Waals surface area (Å²) in [6.45, 7) is 2.43. The molecule has 0 amide bonds. The first-order valence-corrected chi connectivity index (χ1v) is 11.7. The van der Waals surface area contributed by atoms with Crippen molar-refractivity contribution < 1.29 is 27.8 Å². The number of aromatic nitrogens is 1. The number of benzene rings is 3. The number of halogens is 3. The number of alkyl halides is 3. The van der Waals surface area contributed by atoms with Crippen LogP contribution in [0.15, 0.2) is 66.7 Å². The zero-order valence-corrected chi connectivity index (χ0v) is 19.9. The van der Waals surface area contributed by atoms with E-state index >= 15 is 0 Å². The van der Waals surface area contributed by atoms with Crippen LogP contribution >= 0.6 is 11.3 Å². The average Bonchev–Trinajstić information content (AvgIpc) is 3.27. The Balaban J connectivity index is 1.70. The standard InChI is InChI=1S/C26H23F3N2O3S/c1-16(18-8-10-19(11-9-18)24(32)33)31(15-14-17-6-12-20(34-2)13-7-17)25-30-22-5-3-4-21(23(22)35-25)26(27,28)29/h3-13,16H,14-15H2,1-2H3,(H,32,33). The number of carboxylic acid groups (broad SMARTS) is 1. The predicted molar refractivity (Wildman–Crippen MR) is 130 cm³/mol. The lowest BCUT2D eigenvalue weighted by Gasteiger charge is -2.29. The zero-order chi connectivity index (χ0) is 25.2. The van der Waals surface area contributed by atoms with Gasteiger partial charge in [-0.15, -0.1) is 0 Å². The Bertz CT molecular complexity index is 1320. The molecular formula is C26H23F3N2O3S. The summed E-state index contributed by atoms with van der Waals surface area (Å²) in [6, 6.07) is 17.9. The monoisotopic (exact) mass is 500 g/mol. The Morgan fingerprint density at radius 3 is 2.37 bits per heavy atom. The van der Waals surface area contributed by atoms with E-state index in [0.29, 0.717) is 23.6 Å². The normalized spacial score (nSPS) is 12.5. The minimum absolute atomic E-state index is 0.0953. The van der Waals surface area contributed by atoms with Gasteiger partial charge in [0, 0.05) is 6.54 Å². The van der Waals surface area contributed by atoms with Gasteiger partial charge >= 0.3 is 12.1 Å². The van der Waals surface area contributed by atoms with Crippen LogP contribution in [-0.4, -0.2) is 29.7 Å². The van der Waals surface area contributed by atoms with Crippen molar-refractivity contribution in [1.82, 2.24) is 4.98 Å². The molecule has 1 N–H and O–H groups in total. The first-order chi connectivity index (χ1) is 16.7. The quantitative estimate of drug-likeness (QED) is 0.287. The SMILES string of the molecule is COc1ccc(CCN(c2nc3cccc(C(F)(F)F)c3s2)C(C)c2ccc(C(=O)O)cc2)cc1. The summed E-state index contributed by atoms with van der Waals surface area (Å²) in [5, 5.41) is 9.67. The highest BCUT2D eigenvalue weighted by Crippen LogP contribution is 2.41. The molecule has 0 spiro atoms. The molecule has 0 bridgehead atoms. The number of fused-ring (bicyclic) bond motifs is 1. The maximum Gasteiger partial charge on any atom is 0.417 e. The van der Waals surface area contributed by atoms with E-state index in [1.807, 2.05) is 36.1 Å². The van der Waals surface area contributed by atoms with Gasteiger partial charge in [0.05, 0.1) is 34.5 Å². The molecule has 0 fully saturated rings. The number of ether oxygens (including phenoxy) is 1. The molecule has 4 aromatic rings. The number of anilines is 1. The maximum absolute atomic E-state index is 13.6. The van der Waals surface area contributed by atoms with E-state index in [1.54, 1.807) is 25.3 Å². The van der Waals surface area contributed by atoms with Gasteiger partial charge in [-0.3, -0.25) is 0 Å². The molecule has 0 saturated heterocycles. The van der Waals surface area contributed by atoms with Crippen molar-refractivity contribution in [2.45, 2.75) is 25.6 Å². The number of rotatable bonds is 8. The van der Waals surface area contributed by atoms with Crippen LogP contribution in [0.25, 0.3) is 10.2 Å². The molecule has 1 unspecified atom stereocenters. The van der Waals surface area contributed by atoms with Crippen LogP contribution in [0.5, 0.6) is 5.75 Å². The Morgan fingerprint density at radius 1 is 1.09 bits per heavy atom. The van der Waals surface area contributed by atoms with Crippen molar-refractivity contribution in [3.63, 3.8) is 0 Å². The second-order valence-corrected chi connectivity index (χ2v) is 9.02. The second kappa shape index (κ2) is 9.95. The Hall–Kier alpha value is -3.59.